The molecule has 0 amide bonds. The highest BCUT2D eigenvalue weighted by atomic mass is 16.5. The van der Waals surface area contributed by atoms with Gasteiger partial charge in [0.25, 0.3) is 0 Å². The van der Waals surface area contributed by atoms with Crippen LogP contribution in [0.25, 0.3) is 11.3 Å². The first kappa shape index (κ1) is 13.7. The molecule has 2 heterocycles. The van der Waals surface area contributed by atoms with Crippen LogP contribution >= 0.6 is 0 Å². The van der Waals surface area contributed by atoms with Gasteiger partial charge in [-0.05, 0) is 19.3 Å². The molecule has 1 fully saturated rings. The van der Waals surface area contributed by atoms with Crippen molar-refractivity contribution in [3.63, 3.8) is 0 Å². The summed E-state index contributed by atoms with van der Waals surface area (Å²) in [6.45, 7) is 0. The molecule has 2 aromatic heterocycles. The molecule has 0 radical (unpaired) electrons. The Morgan fingerprint density at radius 2 is 2.29 bits per heavy atom. The largest absolute Gasteiger partial charge is 0.464 e. The molecule has 1 saturated carbocycles. The molecule has 0 bridgehead atoms. The molecule has 1 aliphatic rings. The van der Waals surface area contributed by atoms with Crippen LogP contribution in [0.3, 0.4) is 0 Å². The van der Waals surface area contributed by atoms with Crippen molar-refractivity contribution in [2.24, 2.45) is 7.05 Å². The molecular weight excluding hydrogens is 274 g/mol. The van der Waals surface area contributed by atoms with E-state index in [-0.39, 0.29) is 11.7 Å². The quantitative estimate of drug-likeness (QED) is 0.830. The predicted octanol–water partition coefficient (Wildman–Crippen LogP) is 0.551. The van der Waals surface area contributed by atoms with E-state index in [4.69, 9.17) is 4.74 Å². The highest BCUT2D eigenvalue weighted by Crippen LogP contribution is 2.34. The van der Waals surface area contributed by atoms with Gasteiger partial charge in [-0.25, -0.2) is 9.48 Å². The minimum Gasteiger partial charge on any atom is -0.464 e. The molecule has 2 aromatic rings. The predicted molar refractivity (Wildman–Crippen MR) is 72.5 cm³/mol. The van der Waals surface area contributed by atoms with Crippen LogP contribution in [0.15, 0.2) is 12.4 Å². The van der Waals surface area contributed by atoms with Crippen molar-refractivity contribution in [3.05, 3.63) is 18.1 Å². The van der Waals surface area contributed by atoms with E-state index < -0.39 is 12.1 Å². The zero-order valence-corrected chi connectivity index (χ0v) is 11.9. The average molecular weight is 291 g/mol. The Kier molecular flexibility index (Phi) is 3.46. The number of ether oxygens (including phenoxy) is 1. The Labute approximate surface area is 121 Å². The molecule has 1 aliphatic carbocycles. The lowest BCUT2D eigenvalue weighted by atomic mass is 10.1. The Morgan fingerprint density at radius 1 is 1.48 bits per heavy atom. The number of rotatable bonds is 3. The number of aliphatic hydroxyl groups is 1. The Balaban J connectivity index is 2.12. The summed E-state index contributed by atoms with van der Waals surface area (Å²) in [5.74, 6) is -0.549. The van der Waals surface area contributed by atoms with E-state index in [2.05, 4.69) is 15.4 Å². The third kappa shape index (κ3) is 2.31. The van der Waals surface area contributed by atoms with Gasteiger partial charge in [0.15, 0.2) is 5.69 Å². The van der Waals surface area contributed by atoms with Gasteiger partial charge >= 0.3 is 5.97 Å². The van der Waals surface area contributed by atoms with Crippen molar-refractivity contribution >= 4 is 5.97 Å². The van der Waals surface area contributed by atoms with Crippen molar-refractivity contribution in [2.45, 2.75) is 31.4 Å². The minimum absolute atomic E-state index is 0.143. The number of hydrogen-bond acceptors (Lipinski definition) is 6. The van der Waals surface area contributed by atoms with Crippen molar-refractivity contribution < 1.29 is 14.6 Å². The fourth-order valence-electron chi connectivity index (χ4n) is 2.78. The third-order valence-corrected chi connectivity index (χ3v) is 3.81. The standard InChI is InChI=1S/C13H17N5O3/c1-17-7-8(6-14-17)12-11(13(20)21-2)15-16-18(12)9-4-3-5-10(9)19/h6-7,9-10,19H,3-5H2,1-2H3. The topological polar surface area (TPSA) is 95.1 Å². The zero-order chi connectivity index (χ0) is 15.0. The lowest BCUT2D eigenvalue weighted by Gasteiger charge is -2.16. The minimum atomic E-state index is -0.549. The van der Waals surface area contributed by atoms with Crippen LogP contribution in [0.4, 0.5) is 0 Å². The third-order valence-electron chi connectivity index (χ3n) is 3.81. The number of hydrogen-bond donors (Lipinski definition) is 1. The monoisotopic (exact) mass is 291 g/mol. The molecular formula is C13H17N5O3. The normalized spacial score (nSPS) is 21.7. The molecule has 8 heteroatoms. The number of carbonyl (C=O) groups excluding carboxylic acids is 1. The van der Waals surface area contributed by atoms with E-state index in [0.717, 1.165) is 24.8 Å². The van der Waals surface area contributed by atoms with Crippen LogP contribution in [0.5, 0.6) is 0 Å². The number of aliphatic hydroxyl groups excluding tert-OH is 1. The number of aromatic nitrogens is 5. The summed E-state index contributed by atoms with van der Waals surface area (Å²) in [4.78, 5) is 11.9. The maximum Gasteiger partial charge on any atom is 0.360 e. The van der Waals surface area contributed by atoms with Gasteiger partial charge in [0, 0.05) is 18.8 Å². The average Bonchev–Trinajstić information content (AvgIpc) is 3.16. The first-order valence-electron chi connectivity index (χ1n) is 6.82. The molecule has 2 atom stereocenters. The van der Waals surface area contributed by atoms with Crippen molar-refractivity contribution in [1.82, 2.24) is 24.8 Å². The maximum atomic E-state index is 11.9. The molecule has 8 nitrogen and oxygen atoms in total. The molecule has 0 aliphatic heterocycles. The van der Waals surface area contributed by atoms with Crippen molar-refractivity contribution in [1.29, 1.82) is 0 Å². The van der Waals surface area contributed by atoms with Crippen LogP contribution < -0.4 is 0 Å². The van der Waals surface area contributed by atoms with Crippen molar-refractivity contribution in [3.8, 4) is 11.3 Å². The van der Waals surface area contributed by atoms with Crippen LogP contribution in [0, 0.1) is 0 Å². The Bertz CT molecular complexity index is 663. The van der Waals surface area contributed by atoms with E-state index in [1.165, 1.54) is 7.11 Å². The summed E-state index contributed by atoms with van der Waals surface area (Å²) < 4.78 is 8.03. The second kappa shape index (κ2) is 5.28. The van der Waals surface area contributed by atoms with Gasteiger partial charge < -0.3 is 9.84 Å². The summed E-state index contributed by atoms with van der Waals surface area (Å²) in [7, 11) is 3.10. The summed E-state index contributed by atoms with van der Waals surface area (Å²) in [5, 5.41) is 22.2. The molecule has 0 aromatic carbocycles. The smallest absolute Gasteiger partial charge is 0.360 e. The van der Waals surface area contributed by atoms with E-state index >= 15 is 0 Å². The molecule has 0 spiro atoms. The van der Waals surface area contributed by atoms with Crippen molar-refractivity contribution in [2.75, 3.05) is 7.11 Å². The van der Waals surface area contributed by atoms with E-state index in [1.807, 2.05) is 0 Å². The number of carbonyl (C=O) groups is 1. The van der Waals surface area contributed by atoms with Crippen LogP contribution in [0.2, 0.25) is 0 Å². The van der Waals surface area contributed by atoms with Gasteiger partial charge in [-0.2, -0.15) is 5.10 Å². The highest BCUT2D eigenvalue weighted by molar-refractivity contribution is 5.93. The summed E-state index contributed by atoms with van der Waals surface area (Å²) >= 11 is 0. The van der Waals surface area contributed by atoms with E-state index in [9.17, 15) is 9.90 Å². The second-order valence-corrected chi connectivity index (χ2v) is 5.19. The van der Waals surface area contributed by atoms with Gasteiger partial charge in [0.05, 0.1) is 25.5 Å². The maximum absolute atomic E-state index is 11.9. The lowest BCUT2D eigenvalue weighted by molar-refractivity contribution is 0.0594. The van der Waals surface area contributed by atoms with Gasteiger partial charge in [-0.15, -0.1) is 5.10 Å². The van der Waals surface area contributed by atoms with Crippen LogP contribution in [0.1, 0.15) is 35.8 Å². The first-order valence-corrected chi connectivity index (χ1v) is 6.82. The fourth-order valence-corrected chi connectivity index (χ4v) is 2.78. The zero-order valence-electron chi connectivity index (χ0n) is 11.9. The Hall–Kier alpha value is -2.22. The van der Waals surface area contributed by atoms with Gasteiger partial charge in [0.2, 0.25) is 0 Å². The van der Waals surface area contributed by atoms with E-state index in [0.29, 0.717) is 5.69 Å². The summed E-state index contributed by atoms with van der Waals surface area (Å²) in [6, 6.07) is -0.175. The molecule has 2 unspecified atom stereocenters. The summed E-state index contributed by atoms with van der Waals surface area (Å²) in [5.41, 5.74) is 1.41. The van der Waals surface area contributed by atoms with Crippen LogP contribution in [-0.2, 0) is 11.8 Å². The van der Waals surface area contributed by atoms with E-state index in [1.54, 1.807) is 28.8 Å². The highest BCUT2D eigenvalue weighted by Gasteiger charge is 2.33. The molecule has 112 valence electrons. The van der Waals surface area contributed by atoms with Gasteiger partial charge in [0.1, 0.15) is 5.69 Å². The lowest BCUT2D eigenvalue weighted by Crippen LogP contribution is -2.20. The number of esters is 1. The van der Waals surface area contributed by atoms with Gasteiger partial charge in [-0.3, -0.25) is 4.68 Å². The Morgan fingerprint density at radius 3 is 2.86 bits per heavy atom. The fraction of sp³-hybridized carbons (Fsp3) is 0.538. The number of methoxy groups -OCH3 is 1. The molecule has 0 saturated heterocycles. The number of nitrogens with zero attached hydrogens (tertiary/aromatic N) is 5. The van der Waals surface area contributed by atoms with Gasteiger partial charge in [-0.1, -0.05) is 5.21 Å². The van der Waals surface area contributed by atoms with Crippen LogP contribution in [-0.4, -0.2) is 49.1 Å². The molecule has 3 rings (SSSR count). The first-order chi connectivity index (χ1) is 10.1. The molecule has 21 heavy (non-hydrogen) atoms. The number of aryl methyl sites for hydroxylation is 1. The SMILES string of the molecule is COC(=O)c1nnn(C2CCCC2O)c1-c1cnn(C)c1. The molecule has 1 N–H and O–H groups in total. The summed E-state index contributed by atoms with van der Waals surface area (Å²) in [6.07, 6.45) is 5.40. The second-order valence-electron chi connectivity index (χ2n) is 5.19.